The van der Waals surface area contributed by atoms with Gasteiger partial charge in [0, 0.05) is 12.5 Å². The fraction of sp³-hybridized carbons (Fsp3) is 0.833. The van der Waals surface area contributed by atoms with Crippen LogP contribution in [0.2, 0.25) is 0 Å². The third kappa shape index (κ3) is 10.4. The van der Waals surface area contributed by atoms with Crippen molar-refractivity contribution in [3.63, 3.8) is 0 Å². The van der Waals surface area contributed by atoms with Gasteiger partial charge in [0.25, 0.3) is 0 Å². The number of nitrogens with one attached hydrogen (secondary N) is 1. The first-order valence-electron chi connectivity index (χ1n) is 6.05. The van der Waals surface area contributed by atoms with E-state index in [1.165, 1.54) is 7.11 Å². The second-order valence-corrected chi connectivity index (χ2v) is 4.57. The first kappa shape index (κ1) is 19.5. The lowest BCUT2D eigenvalue weighted by Crippen LogP contribution is -2.37. The van der Waals surface area contributed by atoms with Crippen molar-refractivity contribution in [1.82, 2.24) is 5.32 Å². The normalized spacial score (nSPS) is 11.6. The molecule has 0 aromatic heterocycles. The van der Waals surface area contributed by atoms with E-state index in [1.807, 2.05) is 13.8 Å². The summed E-state index contributed by atoms with van der Waals surface area (Å²) < 4.78 is 4.60. The maximum absolute atomic E-state index is 11.6. The first-order chi connectivity index (χ1) is 7.99. The average molecular weight is 281 g/mol. The van der Waals surface area contributed by atoms with Gasteiger partial charge < -0.3 is 15.8 Å². The summed E-state index contributed by atoms with van der Waals surface area (Å²) in [4.78, 5) is 22.8. The first-order valence-corrected chi connectivity index (χ1v) is 6.05. The van der Waals surface area contributed by atoms with Crippen molar-refractivity contribution in [2.45, 2.75) is 45.6 Å². The topological polar surface area (TPSA) is 81.4 Å². The molecular weight excluding hydrogens is 256 g/mol. The lowest BCUT2D eigenvalue weighted by Gasteiger charge is -2.18. The van der Waals surface area contributed by atoms with E-state index < -0.39 is 0 Å². The number of amides is 1. The Balaban J connectivity index is 0. The smallest absolute Gasteiger partial charge is 0.307 e. The third-order valence-corrected chi connectivity index (χ3v) is 2.36. The van der Waals surface area contributed by atoms with Gasteiger partial charge >= 0.3 is 5.97 Å². The number of rotatable bonds is 8. The van der Waals surface area contributed by atoms with E-state index in [2.05, 4.69) is 10.1 Å². The van der Waals surface area contributed by atoms with E-state index >= 15 is 0 Å². The standard InChI is InChI=1S/C12H24N2O3.ClH/c1-9(2)7-11(15)14-10(5-4-6-13)8-12(16)17-3;/h9-10H,4-8,13H2,1-3H3,(H,14,15);1H. The maximum atomic E-state index is 11.6. The monoisotopic (exact) mass is 280 g/mol. The Bertz CT molecular complexity index is 247. The van der Waals surface area contributed by atoms with Gasteiger partial charge in [0.2, 0.25) is 5.91 Å². The Morgan fingerprint density at radius 3 is 2.33 bits per heavy atom. The quantitative estimate of drug-likeness (QED) is 0.656. The summed E-state index contributed by atoms with van der Waals surface area (Å²) in [6, 6.07) is -0.169. The molecule has 108 valence electrons. The van der Waals surface area contributed by atoms with Gasteiger partial charge in [-0.3, -0.25) is 9.59 Å². The minimum Gasteiger partial charge on any atom is -0.469 e. The highest BCUT2D eigenvalue weighted by molar-refractivity contribution is 5.85. The number of hydrogen-bond donors (Lipinski definition) is 2. The SMILES string of the molecule is COC(=O)CC(CCCN)NC(=O)CC(C)C.Cl. The van der Waals surface area contributed by atoms with E-state index in [1.54, 1.807) is 0 Å². The van der Waals surface area contributed by atoms with Crippen molar-refractivity contribution in [2.75, 3.05) is 13.7 Å². The molecule has 0 spiro atoms. The number of nitrogens with two attached hydrogens (primary N) is 1. The predicted molar refractivity (Wildman–Crippen MR) is 73.6 cm³/mol. The fourth-order valence-electron chi connectivity index (χ4n) is 1.53. The van der Waals surface area contributed by atoms with Crippen LogP contribution in [-0.4, -0.2) is 31.6 Å². The molecule has 0 bridgehead atoms. The molecule has 0 saturated carbocycles. The molecule has 0 saturated heterocycles. The second-order valence-electron chi connectivity index (χ2n) is 4.57. The molecule has 6 heteroatoms. The zero-order valence-electron chi connectivity index (χ0n) is 11.4. The van der Waals surface area contributed by atoms with Crippen molar-refractivity contribution in [3.8, 4) is 0 Å². The minimum absolute atomic E-state index is 0. The highest BCUT2D eigenvalue weighted by atomic mass is 35.5. The molecule has 0 aliphatic carbocycles. The summed E-state index contributed by atoms with van der Waals surface area (Å²) in [6.45, 7) is 4.52. The zero-order valence-corrected chi connectivity index (χ0v) is 12.2. The van der Waals surface area contributed by atoms with Crippen LogP contribution < -0.4 is 11.1 Å². The number of carbonyl (C=O) groups is 2. The fourth-order valence-corrected chi connectivity index (χ4v) is 1.53. The molecule has 1 unspecified atom stereocenters. The molecule has 0 rings (SSSR count). The van der Waals surface area contributed by atoms with Crippen LogP contribution in [0.3, 0.4) is 0 Å². The van der Waals surface area contributed by atoms with Gasteiger partial charge in [0.15, 0.2) is 0 Å². The van der Waals surface area contributed by atoms with Crippen LogP contribution in [0.4, 0.5) is 0 Å². The Morgan fingerprint density at radius 2 is 1.89 bits per heavy atom. The minimum atomic E-state index is -0.308. The van der Waals surface area contributed by atoms with Crippen LogP contribution in [0.25, 0.3) is 0 Å². The van der Waals surface area contributed by atoms with Crippen molar-refractivity contribution in [2.24, 2.45) is 11.7 Å². The van der Waals surface area contributed by atoms with Crippen molar-refractivity contribution in [1.29, 1.82) is 0 Å². The molecule has 3 N–H and O–H groups in total. The molecule has 1 atom stereocenters. The number of esters is 1. The summed E-state index contributed by atoms with van der Waals surface area (Å²) >= 11 is 0. The van der Waals surface area contributed by atoms with E-state index in [0.29, 0.717) is 25.3 Å². The van der Waals surface area contributed by atoms with Gasteiger partial charge in [0.05, 0.1) is 13.5 Å². The highest BCUT2D eigenvalue weighted by Crippen LogP contribution is 2.05. The van der Waals surface area contributed by atoms with Crippen LogP contribution in [0.5, 0.6) is 0 Å². The van der Waals surface area contributed by atoms with Gasteiger partial charge in [-0.05, 0) is 25.3 Å². The second kappa shape index (κ2) is 11.3. The predicted octanol–water partition coefficient (Wildman–Crippen LogP) is 1.24. The maximum Gasteiger partial charge on any atom is 0.307 e. The van der Waals surface area contributed by atoms with Crippen molar-refractivity contribution < 1.29 is 14.3 Å². The number of halogens is 1. The number of ether oxygens (including phenoxy) is 1. The lowest BCUT2D eigenvalue weighted by atomic mass is 10.1. The van der Waals surface area contributed by atoms with Crippen molar-refractivity contribution in [3.05, 3.63) is 0 Å². The van der Waals surface area contributed by atoms with Crippen LogP contribution in [-0.2, 0) is 14.3 Å². The summed E-state index contributed by atoms with van der Waals surface area (Å²) in [5, 5.41) is 2.85. The van der Waals surface area contributed by atoms with E-state index in [-0.39, 0.29) is 36.7 Å². The van der Waals surface area contributed by atoms with E-state index in [9.17, 15) is 9.59 Å². The van der Waals surface area contributed by atoms with Crippen LogP contribution >= 0.6 is 12.4 Å². The van der Waals surface area contributed by atoms with Gasteiger partial charge in [-0.15, -0.1) is 12.4 Å². The molecule has 0 aromatic rings. The molecular formula is C12H25ClN2O3. The summed E-state index contributed by atoms with van der Waals surface area (Å²) in [6.07, 6.45) is 2.17. The molecule has 0 aliphatic heterocycles. The highest BCUT2D eigenvalue weighted by Gasteiger charge is 2.16. The van der Waals surface area contributed by atoms with Crippen molar-refractivity contribution >= 4 is 24.3 Å². The van der Waals surface area contributed by atoms with Gasteiger partial charge in [-0.25, -0.2) is 0 Å². The van der Waals surface area contributed by atoms with Gasteiger partial charge in [-0.2, -0.15) is 0 Å². The largest absolute Gasteiger partial charge is 0.469 e. The Kier molecular flexibility index (Phi) is 12.2. The zero-order chi connectivity index (χ0) is 13.3. The Morgan fingerprint density at radius 1 is 1.28 bits per heavy atom. The van der Waals surface area contributed by atoms with E-state index in [4.69, 9.17) is 5.73 Å². The summed E-state index contributed by atoms with van der Waals surface area (Å²) in [5.74, 6) is -0.0221. The molecule has 5 nitrogen and oxygen atoms in total. The molecule has 1 amide bonds. The Hall–Kier alpha value is -0.810. The van der Waals surface area contributed by atoms with Gasteiger partial charge in [-0.1, -0.05) is 13.8 Å². The number of carbonyl (C=O) groups excluding carboxylic acids is 2. The molecule has 0 aliphatic rings. The average Bonchev–Trinajstić information content (AvgIpc) is 2.24. The van der Waals surface area contributed by atoms with Crippen LogP contribution in [0, 0.1) is 5.92 Å². The van der Waals surface area contributed by atoms with Gasteiger partial charge in [0.1, 0.15) is 0 Å². The Labute approximate surface area is 115 Å². The molecule has 0 radical (unpaired) electrons. The number of hydrogen-bond acceptors (Lipinski definition) is 4. The summed E-state index contributed by atoms with van der Waals surface area (Å²) in [5.41, 5.74) is 5.42. The molecule has 0 aromatic carbocycles. The third-order valence-electron chi connectivity index (χ3n) is 2.36. The molecule has 0 fully saturated rings. The molecule has 18 heavy (non-hydrogen) atoms. The lowest BCUT2D eigenvalue weighted by molar-refractivity contribution is -0.141. The summed E-state index contributed by atoms with van der Waals surface area (Å²) in [7, 11) is 1.35. The molecule has 0 heterocycles. The number of methoxy groups -OCH3 is 1. The van der Waals surface area contributed by atoms with E-state index in [0.717, 1.165) is 6.42 Å². The van der Waals surface area contributed by atoms with Crippen LogP contribution in [0.1, 0.15) is 39.5 Å². The van der Waals surface area contributed by atoms with Crippen LogP contribution in [0.15, 0.2) is 0 Å².